The van der Waals surface area contributed by atoms with Crippen molar-refractivity contribution in [2.24, 2.45) is 72.9 Å². The Hall–Kier alpha value is -7.43. The summed E-state index contributed by atoms with van der Waals surface area (Å²) >= 11 is 4.28. The molecule has 1 rings (SSSR count). The summed E-state index contributed by atoms with van der Waals surface area (Å²) in [4.78, 5) is 134. The van der Waals surface area contributed by atoms with Crippen molar-refractivity contribution in [3.05, 3.63) is 35.9 Å². The zero-order valence-corrected chi connectivity index (χ0v) is 47.4. The quantitative estimate of drug-likeness (QED) is 0.0132. The molecule has 1 aromatic carbocycles. The van der Waals surface area contributed by atoms with Gasteiger partial charge in [0.2, 0.25) is 47.3 Å². The zero-order valence-electron chi connectivity index (χ0n) is 46.5. The van der Waals surface area contributed by atoms with Gasteiger partial charge in [0.25, 0.3) is 0 Å². The number of aliphatic carboxylic acids is 1. The van der Waals surface area contributed by atoms with Crippen molar-refractivity contribution < 1.29 is 48.3 Å². The van der Waals surface area contributed by atoms with Gasteiger partial charge in [-0.2, -0.15) is 12.6 Å². The van der Waals surface area contributed by atoms with E-state index in [1.807, 2.05) is 30.3 Å². The van der Waals surface area contributed by atoms with Gasteiger partial charge in [0, 0.05) is 25.4 Å². The molecule has 79 heavy (non-hydrogen) atoms. The zero-order chi connectivity index (χ0) is 59.9. The second kappa shape index (κ2) is 36.6. The first-order valence-corrected chi connectivity index (χ1v) is 26.9. The highest BCUT2D eigenvalue weighted by Gasteiger charge is 2.35. The molecule has 444 valence electrons. The van der Waals surface area contributed by atoms with Gasteiger partial charge in [-0.1, -0.05) is 71.9 Å². The van der Waals surface area contributed by atoms with Gasteiger partial charge in [-0.15, -0.1) is 0 Å². The van der Waals surface area contributed by atoms with E-state index >= 15 is 0 Å². The molecule has 9 atom stereocenters. The van der Waals surface area contributed by atoms with E-state index < -0.39 is 114 Å². The number of aliphatic imine (C=N–C) groups is 3. The van der Waals surface area contributed by atoms with Crippen molar-refractivity contribution in [3.63, 3.8) is 0 Å². The number of amides is 8. The lowest BCUT2D eigenvalue weighted by atomic mass is 10.0. The van der Waals surface area contributed by atoms with Crippen LogP contribution >= 0.6 is 12.6 Å². The number of thiol groups is 1. The Balaban J connectivity index is 3.36. The summed E-state index contributed by atoms with van der Waals surface area (Å²) in [5.41, 5.74) is 39.9. The summed E-state index contributed by atoms with van der Waals surface area (Å²) in [6.07, 6.45) is 0.787. The second-order valence-electron chi connectivity index (χ2n) is 20.3. The molecule has 0 heterocycles. The Kier molecular flexibility index (Phi) is 32.3. The molecule has 0 bridgehead atoms. The number of nitrogens with zero attached hydrogens (tertiary/aromatic N) is 3. The number of carbonyl (C=O) groups is 9. The smallest absolute Gasteiger partial charge is 0.326 e. The van der Waals surface area contributed by atoms with Crippen molar-refractivity contribution in [3.8, 4) is 0 Å². The number of benzene rings is 1. The molecular weight excluding hydrogens is 1040 g/mol. The third kappa shape index (κ3) is 28.7. The van der Waals surface area contributed by atoms with E-state index in [9.17, 15) is 48.3 Å². The van der Waals surface area contributed by atoms with Gasteiger partial charge in [0.1, 0.15) is 48.3 Å². The predicted octanol–water partition coefficient (Wildman–Crippen LogP) is -3.62. The van der Waals surface area contributed by atoms with E-state index in [1.165, 1.54) is 6.92 Å². The number of guanidine groups is 3. The molecule has 0 saturated carbocycles. The van der Waals surface area contributed by atoms with E-state index in [-0.39, 0.29) is 113 Å². The van der Waals surface area contributed by atoms with Crippen LogP contribution < -0.4 is 82.7 Å². The van der Waals surface area contributed by atoms with Gasteiger partial charge in [-0.25, -0.2) is 4.79 Å². The Bertz CT molecular complexity index is 2240. The van der Waals surface area contributed by atoms with Crippen LogP contribution in [0.25, 0.3) is 0 Å². The first kappa shape index (κ1) is 69.6. The monoisotopic (exact) mass is 1130 g/mol. The summed E-state index contributed by atoms with van der Waals surface area (Å²) in [5, 5.41) is 30.7. The van der Waals surface area contributed by atoms with Crippen LogP contribution in [0.1, 0.15) is 105 Å². The fraction of sp³-hybridized carbons (Fsp3) is 0.640. The van der Waals surface area contributed by atoms with E-state index in [1.54, 1.807) is 41.5 Å². The van der Waals surface area contributed by atoms with Crippen LogP contribution in [-0.4, -0.2) is 156 Å². The summed E-state index contributed by atoms with van der Waals surface area (Å²) in [6.45, 7) is 12.1. The molecular formula is C50H88N18O10S. The Morgan fingerprint density at radius 1 is 0.481 bits per heavy atom. The number of rotatable bonds is 37. The molecule has 0 aromatic heterocycles. The minimum absolute atomic E-state index is 0.00298. The van der Waals surface area contributed by atoms with E-state index in [0.29, 0.717) is 0 Å². The molecule has 0 saturated heterocycles. The highest BCUT2D eigenvalue weighted by Crippen LogP contribution is 2.12. The van der Waals surface area contributed by atoms with Crippen LogP contribution in [0.4, 0.5) is 0 Å². The lowest BCUT2D eigenvalue weighted by molar-refractivity contribution is -0.143. The molecule has 0 fully saturated rings. The third-order valence-electron chi connectivity index (χ3n) is 11.8. The van der Waals surface area contributed by atoms with Crippen LogP contribution in [0.15, 0.2) is 45.3 Å². The normalized spacial score (nSPS) is 14.5. The van der Waals surface area contributed by atoms with Gasteiger partial charge < -0.3 is 87.8 Å². The molecule has 0 aliphatic heterocycles. The number of carboxylic acid groups (broad SMARTS) is 1. The Labute approximate surface area is 467 Å². The summed E-state index contributed by atoms with van der Waals surface area (Å²) in [7, 11) is 0. The predicted molar refractivity (Wildman–Crippen MR) is 304 cm³/mol. The van der Waals surface area contributed by atoms with Gasteiger partial charge in [0.05, 0.1) is 6.04 Å². The maximum absolute atomic E-state index is 14.2. The minimum atomic E-state index is -1.38. The number of nitrogens with two attached hydrogens (primary N) is 7. The average Bonchev–Trinajstić information content (AvgIpc) is 3.36. The maximum Gasteiger partial charge on any atom is 0.326 e. The second-order valence-corrected chi connectivity index (χ2v) is 20.6. The van der Waals surface area contributed by atoms with Crippen molar-refractivity contribution in [1.29, 1.82) is 0 Å². The number of carboxylic acids is 1. The van der Waals surface area contributed by atoms with Crippen LogP contribution in [0.2, 0.25) is 0 Å². The van der Waals surface area contributed by atoms with Crippen molar-refractivity contribution in [2.45, 2.75) is 161 Å². The summed E-state index contributed by atoms with van der Waals surface area (Å²) < 4.78 is 0. The lowest BCUT2D eigenvalue weighted by Gasteiger charge is -2.28. The van der Waals surface area contributed by atoms with Crippen LogP contribution in [-0.2, 0) is 49.6 Å². The van der Waals surface area contributed by atoms with Crippen LogP contribution in [0.5, 0.6) is 0 Å². The summed E-state index contributed by atoms with van der Waals surface area (Å²) in [6, 6.07) is -2.21. The van der Waals surface area contributed by atoms with Gasteiger partial charge >= 0.3 is 5.97 Å². The number of hydrogen-bond donors (Lipinski definition) is 17. The fourth-order valence-electron chi connectivity index (χ4n) is 7.69. The number of carbonyl (C=O) groups excluding carboxylic acids is 8. The van der Waals surface area contributed by atoms with Gasteiger partial charge in [-0.05, 0) is 88.0 Å². The molecule has 0 aliphatic rings. The molecule has 0 radical (unpaired) electrons. The van der Waals surface area contributed by atoms with Gasteiger partial charge in [0.15, 0.2) is 17.9 Å². The van der Waals surface area contributed by atoms with Crippen molar-refractivity contribution in [1.82, 2.24) is 42.5 Å². The first-order valence-electron chi connectivity index (χ1n) is 26.3. The third-order valence-corrected chi connectivity index (χ3v) is 12.2. The molecule has 23 N–H and O–H groups in total. The van der Waals surface area contributed by atoms with Crippen molar-refractivity contribution in [2.75, 3.05) is 25.4 Å². The minimum Gasteiger partial charge on any atom is -0.480 e. The lowest BCUT2D eigenvalue weighted by Crippen LogP contribution is -2.60. The molecule has 28 nitrogen and oxygen atoms in total. The maximum atomic E-state index is 14.2. The SMILES string of the molecule is CC(C)C[C@H](NC(=O)[C@H](CCCN=C(N)N)NC(=O)[C@H](CCCN=C(N)N)NC(=O)[C@H](CC(C)C)NC(=O)[C@H](CS)NC(=O)[C@H](C)NC(=O)[C@H](CCCN=C(N)N)NC(=O)[C@@H](NC(=O)[C@@H](N)Cc1ccccc1)C(C)C)C(=O)O. The number of nitrogens with one attached hydrogen (secondary N) is 8. The molecule has 0 aliphatic carbocycles. The van der Waals surface area contributed by atoms with Gasteiger partial charge in [-0.3, -0.25) is 53.3 Å². The number of hydrogen-bond acceptors (Lipinski definition) is 14. The van der Waals surface area contributed by atoms with E-state index in [4.69, 9.17) is 40.1 Å². The molecule has 29 heteroatoms. The first-order chi connectivity index (χ1) is 37.1. The molecule has 0 spiro atoms. The van der Waals surface area contributed by atoms with E-state index in [2.05, 4.69) is 70.1 Å². The van der Waals surface area contributed by atoms with Crippen LogP contribution in [0, 0.1) is 17.8 Å². The molecule has 1 aromatic rings. The summed E-state index contributed by atoms with van der Waals surface area (Å²) in [5.74, 6) is -9.16. The highest BCUT2D eigenvalue weighted by atomic mass is 32.1. The molecule has 0 unspecified atom stereocenters. The van der Waals surface area contributed by atoms with E-state index in [0.717, 1.165) is 5.56 Å². The van der Waals surface area contributed by atoms with Crippen molar-refractivity contribution >= 4 is 83.7 Å². The Morgan fingerprint density at radius 3 is 1.25 bits per heavy atom. The fourth-order valence-corrected chi connectivity index (χ4v) is 7.95. The van der Waals surface area contributed by atoms with Crippen LogP contribution in [0.3, 0.4) is 0 Å². The standard InChI is InChI=1S/C50H88N18O10S/c1-26(2)22-35(44(74)63-33(17-12-20-59-49(54)55)42(72)62-34(18-13-21-60-50(56)57)43(73)66-36(47(77)78)23-27(3)4)65-45(75)37(25-79)67-39(69)29(7)61-41(71)32(16-11-19-58-48(52)53)64-46(76)38(28(5)6)68-40(70)31(51)24-30-14-9-8-10-15-30/h8-10,14-15,26-29,31-38,79H,11-13,16-25,51H2,1-7H3,(H,61,71)(H,62,72)(H,63,74)(H,64,76)(H,65,75)(H,66,73)(H,67,69)(H,68,70)(H,77,78)(H4,52,53,58)(H4,54,55,59)(H4,56,57,60)/t29-,31-,32-,33-,34-,35-,36-,37-,38-/m0/s1. The highest BCUT2D eigenvalue weighted by molar-refractivity contribution is 7.80. The Morgan fingerprint density at radius 2 is 0.848 bits per heavy atom. The molecule has 8 amide bonds. The topological polar surface area (TPSA) is 489 Å². The average molecular weight is 1130 g/mol. The largest absolute Gasteiger partial charge is 0.480 e.